The third kappa shape index (κ3) is 2.50. The summed E-state index contributed by atoms with van der Waals surface area (Å²) >= 11 is 6.86. The molecule has 0 amide bonds. The van der Waals surface area contributed by atoms with Crippen molar-refractivity contribution in [2.75, 3.05) is 7.05 Å². The Morgan fingerprint density at radius 2 is 2.19 bits per heavy atom. The summed E-state index contributed by atoms with van der Waals surface area (Å²) in [7, 11) is 1.84. The lowest BCUT2D eigenvalue weighted by Gasteiger charge is -1.98. The zero-order valence-electron chi connectivity index (χ0n) is 8.50. The van der Waals surface area contributed by atoms with Crippen LogP contribution in [-0.2, 0) is 6.54 Å². The maximum Gasteiger partial charge on any atom is 0.259 e. The van der Waals surface area contributed by atoms with Crippen LogP contribution in [0.5, 0.6) is 0 Å². The number of hydrogen-bond donors (Lipinski definition) is 1. The van der Waals surface area contributed by atoms with Gasteiger partial charge in [0.05, 0.1) is 12.1 Å². The van der Waals surface area contributed by atoms with Gasteiger partial charge in [0.15, 0.2) is 5.82 Å². The molecular weight excluding hydrogens is 338 g/mol. The van der Waals surface area contributed by atoms with Crippen LogP contribution in [0.4, 0.5) is 0 Å². The highest BCUT2D eigenvalue weighted by atomic mass is 79.9. The minimum atomic E-state index is 0.512. The average molecular weight is 347 g/mol. The molecule has 2 rings (SSSR count). The number of halogens is 2. The van der Waals surface area contributed by atoms with Crippen molar-refractivity contribution in [2.45, 2.75) is 6.54 Å². The molecule has 0 fully saturated rings. The van der Waals surface area contributed by atoms with Crippen molar-refractivity contribution in [3.8, 4) is 11.5 Å². The summed E-state index contributed by atoms with van der Waals surface area (Å²) in [6, 6.07) is 5.81. The monoisotopic (exact) mass is 345 g/mol. The number of nitrogens with one attached hydrogen (secondary N) is 1. The highest BCUT2D eigenvalue weighted by molar-refractivity contribution is 9.11. The van der Waals surface area contributed by atoms with Gasteiger partial charge in [-0.1, -0.05) is 21.1 Å². The average Bonchev–Trinajstić information content (AvgIpc) is 2.71. The first-order chi connectivity index (χ1) is 7.70. The topological polar surface area (TPSA) is 51.0 Å². The quantitative estimate of drug-likeness (QED) is 0.928. The minimum absolute atomic E-state index is 0.512. The molecule has 4 nitrogen and oxygen atoms in total. The van der Waals surface area contributed by atoms with E-state index in [0.717, 1.165) is 14.5 Å². The number of aromatic nitrogens is 2. The molecule has 0 spiro atoms. The molecule has 1 aromatic carbocycles. The van der Waals surface area contributed by atoms with E-state index in [9.17, 15) is 0 Å². The van der Waals surface area contributed by atoms with Gasteiger partial charge in [0.25, 0.3) is 5.89 Å². The van der Waals surface area contributed by atoms with Gasteiger partial charge in [-0.05, 0) is 41.2 Å². The second-order valence-corrected chi connectivity index (χ2v) is 4.94. The fourth-order valence-corrected chi connectivity index (χ4v) is 2.03. The van der Waals surface area contributed by atoms with E-state index >= 15 is 0 Å². The number of hydrogen-bond acceptors (Lipinski definition) is 4. The molecule has 1 aromatic heterocycles. The predicted molar refractivity (Wildman–Crippen MR) is 67.9 cm³/mol. The summed E-state index contributed by atoms with van der Waals surface area (Å²) < 4.78 is 7.08. The molecule has 0 aliphatic heterocycles. The van der Waals surface area contributed by atoms with Gasteiger partial charge in [0.1, 0.15) is 0 Å². The third-order valence-electron chi connectivity index (χ3n) is 1.96. The van der Waals surface area contributed by atoms with Crippen LogP contribution in [0.3, 0.4) is 0 Å². The molecule has 2 aromatic rings. The van der Waals surface area contributed by atoms with Crippen LogP contribution in [0.2, 0.25) is 0 Å². The van der Waals surface area contributed by atoms with E-state index in [-0.39, 0.29) is 0 Å². The first-order valence-electron chi connectivity index (χ1n) is 4.63. The van der Waals surface area contributed by atoms with Gasteiger partial charge < -0.3 is 9.84 Å². The van der Waals surface area contributed by atoms with Crippen molar-refractivity contribution in [1.29, 1.82) is 0 Å². The minimum Gasteiger partial charge on any atom is -0.334 e. The van der Waals surface area contributed by atoms with Crippen LogP contribution in [0.1, 0.15) is 5.82 Å². The number of rotatable bonds is 3. The smallest absolute Gasteiger partial charge is 0.259 e. The standard InChI is InChI=1S/C10H9Br2N3O/c1-13-5-9-14-10(16-15-9)7-4-6(11)2-3-8(7)12/h2-4,13H,5H2,1H3. The lowest BCUT2D eigenvalue weighted by atomic mass is 10.2. The van der Waals surface area contributed by atoms with Crippen LogP contribution < -0.4 is 5.32 Å². The highest BCUT2D eigenvalue weighted by Gasteiger charge is 2.11. The van der Waals surface area contributed by atoms with E-state index in [1.54, 1.807) is 0 Å². The molecular formula is C10H9Br2N3O. The SMILES string of the molecule is CNCc1noc(-c2cc(Br)ccc2Br)n1. The van der Waals surface area contributed by atoms with Gasteiger partial charge in [-0.15, -0.1) is 0 Å². The van der Waals surface area contributed by atoms with Crippen molar-refractivity contribution in [1.82, 2.24) is 15.5 Å². The first kappa shape index (κ1) is 11.8. The van der Waals surface area contributed by atoms with Crippen LogP contribution in [0.15, 0.2) is 31.7 Å². The summed E-state index contributed by atoms with van der Waals surface area (Å²) in [5.74, 6) is 1.16. The van der Waals surface area contributed by atoms with Crippen LogP contribution >= 0.6 is 31.9 Å². The Hall–Kier alpha value is -0.720. The first-order valence-corrected chi connectivity index (χ1v) is 6.22. The largest absolute Gasteiger partial charge is 0.334 e. The molecule has 0 unspecified atom stereocenters. The van der Waals surface area contributed by atoms with Gasteiger partial charge in [-0.3, -0.25) is 0 Å². The molecule has 84 valence electrons. The molecule has 16 heavy (non-hydrogen) atoms. The molecule has 6 heteroatoms. The Kier molecular flexibility index (Phi) is 3.73. The van der Waals surface area contributed by atoms with Crippen molar-refractivity contribution in [3.63, 3.8) is 0 Å². The predicted octanol–water partition coefficient (Wildman–Crippen LogP) is 2.98. The van der Waals surface area contributed by atoms with Crippen molar-refractivity contribution >= 4 is 31.9 Å². The fourth-order valence-electron chi connectivity index (χ4n) is 1.25. The maximum absolute atomic E-state index is 5.19. The molecule has 0 saturated carbocycles. The third-order valence-corrected chi connectivity index (χ3v) is 3.15. The van der Waals surface area contributed by atoms with E-state index in [1.807, 2.05) is 25.2 Å². The lowest BCUT2D eigenvalue weighted by molar-refractivity contribution is 0.420. The molecule has 0 bridgehead atoms. The fraction of sp³-hybridized carbons (Fsp3) is 0.200. The van der Waals surface area contributed by atoms with Gasteiger partial charge in [-0.25, -0.2) is 0 Å². The number of nitrogens with zero attached hydrogens (tertiary/aromatic N) is 2. The summed E-state index contributed by atoms with van der Waals surface area (Å²) in [6.07, 6.45) is 0. The Bertz CT molecular complexity index is 499. The summed E-state index contributed by atoms with van der Waals surface area (Å²) in [6.45, 7) is 0.592. The second kappa shape index (κ2) is 5.07. The molecule has 0 saturated heterocycles. The normalized spacial score (nSPS) is 10.7. The molecule has 0 radical (unpaired) electrons. The van der Waals surface area contributed by atoms with Gasteiger partial charge in [0, 0.05) is 8.95 Å². The summed E-state index contributed by atoms with van der Waals surface area (Å²) in [5, 5.41) is 6.84. The van der Waals surface area contributed by atoms with E-state index in [4.69, 9.17) is 4.52 Å². The van der Waals surface area contributed by atoms with Crippen LogP contribution in [0, 0.1) is 0 Å². The van der Waals surface area contributed by atoms with Crippen molar-refractivity contribution < 1.29 is 4.52 Å². The Balaban J connectivity index is 2.38. The zero-order chi connectivity index (χ0) is 11.5. The van der Waals surface area contributed by atoms with Gasteiger partial charge in [0.2, 0.25) is 0 Å². The van der Waals surface area contributed by atoms with E-state index in [0.29, 0.717) is 18.3 Å². The summed E-state index contributed by atoms with van der Waals surface area (Å²) in [5.41, 5.74) is 0.879. The zero-order valence-corrected chi connectivity index (χ0v) is 11.7. The Labute approximate surface area is 110 Å². The van der Waals surface area contributed by atoms with E-state index in [2.05, 4.69) is 47.3 Å². The lowest BCUT2D eigenvalue weighted by Crippen LogP contribution is -2.06. The van der Waals surface area contributed by atoms with E-state index < -0.39 is 0 Å². The molecule has 1 heterocycles. The molecule has 0 atom stereocenters. The molecule has 0 aliphatic rings. The maximum atomic E-state index is 5.19. The van der Waals surface area contributed by atoms with Crippen molar-refractivity contribution in [2.24, 2.45) is 0 Å². The second-order valence-electron chi connectivity index (χ2n) is 3.17. The van der Waals surface area contributed by atoms with Gasteiger partial charge >= 0.3 is 0 Å². The van der Waals surface area contributed by atoms with Crippen molar-refractivity contribution in [3.05, 3.63) is 33.0 Å². The van der Waals surface area contributed by atoms with E-state index in [1.165, 1.54) is 0 Å². The number of benzene rings is 1. The Morgan fingerprint density at radius 1 is 1.38 bits per heavy atom. The van der Waals surface area contributed by atoms with Gasteiger partial charge in [-0.2, -0.15) is 4.98 Å². The van der Waals surface area contributed by atoms with Crippen LogP contribution in [0.25, 0.3) is 11.5 Å². The van der Waals surface area contributed by atoms with Crippen LogP contribution in [-0.4, -0.2) is 17.2 Å². The molecule has 0 aliphatic carbocycles. The Morgan fingerprint density at radius 3 is 2.94 bits per heavy atom. The summed E-state index contributed by atoms with van der Waals surface area (Å²) in [4.78, 5) is 4.28. The highest BCUT2D eigenvalue weighted by Crippen LogP contribution is 2.29. The molecule has 1 N–H and O–H groups in total.